The van der Waals surface area contributed by atoms with Crippen LogP contribution in [0.3, 0.4) is 0 Å². The Labute approximate surface area is 184 Å². The standard InChI is InChI=1S/C26H25F5O/c1-2-3-4-19-9-15-23(16-10-19)26(30,31)32-24-17-11-21(12-18-24)6-5-20-7-13-22(14-8-20)25(27,28)29/h7-18H,2-6H2,1H3. The smallest absolute Gasteiger partial charge is 0.426 e. The average molecular weight is 448 g/mol. The minimum atomic E-state index is -4.35. The molecule has 0 aliphatic rings. The van der Waals surface area contributed by atoms with Crippen molar-refractivity contribution in [1.29, 1.82) is 0 Å². The van der Waals surface area contributed by atoms with Gasteiger partial charge in [-0.05, 0) is 78.8 Å². The van der Waals surface area contributed by atoms with Crippen molar-refractivity contribution in [3.63, 3.8) is 0 Å². The highest BCUT2D eigenvalue weighted by molar-refractivity contribution is 5.31. The Bertz CT molecular complexity index is 975. The second-order valence-corrected chi connectivity index (χ2v) is 7.76. The Morgan fingerprint density at radius 2 is 1.03 bits per heavy atom. The van der Waals surface area contributed by atoms with Gasteiger partial charge >= 0.3 is 12.3 Å². The van der Waals surface area contributed by atoms with Crippen LogP contribution in [0.4, 0.5) is 22.0 Å². The summed E-state index contributed by atoms with van der Waals surface area (Å²) in [4.78, 5) is 0. The molecule has 0 aromatic heterocycles. The lowest BCUT2D eigenvalue weighted by Crippen LogP contribution is -2.21. The fourth-order valence-corrected chi connectivity index (χ4v) is 3.33. The number of alkyl halides is 5. The van der Waals surface area contributed by atoms with E-state index in [1.807, 2.05) is 0 Å². The molecule has 3 aromatic carbocycles. The number of unbranched alkanes of at least 4 members (excludes halogenated alkanes) is 1. The molecule has 3 aromatic rings. The van der Waals surface area contributed by atoms with Gasteiger partial charge in [0.15, 0.2) is 0 Å². The number of aryl methyl sites for hydroxylation is 3. The van der Waals surface area contributed by atoms with Gasteiger partial charge < -0.3 is 4.74 Å². The SMILES string of the molecule is CCCCc1ccc(C(F)(F)Oc2ccc(CCc3ccc(C(F)(F)F)cc3)cc2)cc1. The Morgan fingerprint density at radius 1 is 0.594 bits per heavy atom. The van der Waals surface area contributed by atoms with Crippen LogP contribution in [0.25, 0.3) is 0 Å². The van der Waals surface area contributed by atoms with E-state index >= 15 is 0 Å². The van der Waals surface area contributed by atoms with Crippen molar-refractivity contribution < 1.29 is 26.7 Å². The lowest BCUT2D eigenvalue weighted by Gasteiger charge is -2.19. The van der Waals surface area contributed by atoms with Crippen molar-refractivity contribution in [2.45, 2.75) is 51.3 Å². The summed E-state index contributed by atoms with van der Waals surface area (Å²) in [7, 11) is 0. The van der Waals surface area contributed by atoms with Gasteiger partial charge in [0.25, 0.3) is 0 Å². The zero-order valence-electron chi connectivity index (χ0n) is 17.8. The van der Waals surface area contributed by atoms with Crippen LogP contribution in [0, 0.1) is 0 Å². The largest absolute Gasteiger partial charge is 0.429 e. The summed E-state index contributed by atoms with van der Waals surface area (Å²) >= 11 is 0. The highest BCUT2D eigenvalue weighted by atomic mass is 19.4. The highest BCUT2D eigenvalue weighted by Crippen LogP contribution is 2.32. The molecular weight excluding hydrogens is 423 g/mol. The van der Waals surface area contributed by atoms with Crippen LogP contribution in [-0.2, 0) is 31.5 Å². The lowest BCUT2D eigenvalue weighted by molar-refractivity contribution is -0.185. The quantitative estimate of drug-likeness (QED) is 0.302. The Kier molecular flexibility index (Phi) is 7.54. The molecule has 1 nitrogen and oxygen atoms in total. The van der Waals surface area contributed by atoms with Gasteiger partial charge in [0, 0.05) is 0 Å². The van der Waals surface area contributed by atoms with E-state index in [0.717, 1.165) is 48.1 Å². The van der Waals surface area contributed by atoms with Crippen LogP contribution in [0.5, 0.6) is 5.75 Å². The van der Waals surface area contributed by atoms with Crippen molar-refractivity contribution in [2.75, 3.05) is 0 Å². The molecule has 0 saturated heterocycles. The van der Waals surface area contributed by atoms with Crippen molar-refractivity contribution in [3.8, 4) is 5.75 Å². The van der Waals surface area contributed by atoms with E-state index in [1.165, 1.54) is 36.4 Å². The maximum Gasteiger partial charge on any atom is 0.426 e. The van der Waals surface area contributed by atoms with Crippen LogP contribution in [0.1, 0.15) is 47.6 Å². The van der Waals surface area contributed by atoms with E-state index in [1.54, 1.807) is 24.3 Å². The Balaban J connectivity index is 1.56. The first-order chi connectivity index (χ1) is 15.2. The molecule has 0 fully saturated rings. The number of hydrogen-bond acceptors (Lipinski definition) is 1. The molecule has 0 unspecified atom stereocenters. The van der Waals surface area contributed by atoms with Crippen molar-refractivity contribution in [1.82, 2.24) is 0 Å². The number of rotatable bonds is 9. The first-order valence-corrected chi connectivity index (χ1v) is 10.6. The van der Waals surface area contributed by atoms with Crippen LogP contribution in [0.15, 0.2) is 72.8 Å². The van der Waals surface area contributed by atoms with Crippen LogP contribution >= 0.6 is 0 Å². The molecule has 0 N–H and O–H groups in total. The summed E-state index contributed by atoms with van der Waals surface area (Å²) in [5, 5.41) is 0. The number of benzene rings is 3. The highest BCUT2D eigenvalue weighted by Gasteiger charge is 2.34. The number of ether oxygens (including phenoxy) is 1. The summed E-state index contributed by atoms with van der Waals surface area (Å²) in [6.07, 6.45) is -3.78. The summed E-state index contributed by atoms with van der Waals surface area (Å²) < 4.78 is 71.8. The topological polar surface area (TPSA) is 9.23 Å². The summed E-state index contributed by atoms with van der Waals surface area (Å²) in [6, 6.07) is 17.5. The first kappa shape index (κ1) is 23.8. The fraction of sp³-hybridized carbons (Fsp3) is 0.308. The van der Waals surface area contributed by atoms with E-state index in [-0.39, 0.29) is 11.3 Å². The molecule has 0 spiro atoms. The third-order valence-electron chi connectivity index (χ3n) is 5.26. The van der Waals surface area contributed by atoms with Gasteiger partial charge in [-0.25, -0.2) is 0 Å². The molecule has 0 aliphatic carbocycles. The van der Waals surface area contributed by atoms with Gasteiger partial charge in [0.2, 0.25) is 0 Å². The molecule has 0 amide bonds. The summed E-state index contributed by atoms with van der Waals surface area (Å²) in [5.41, 5.74) is 1.78. The maximum atomic E-state index is 14.5. The minimum Gasteiger partial charge on any atom is -0.429 e. The van der Waals surface area contributed by atoms with Gasteiger partial charge in [-0.3, -0.25) is 0 Å². The Morgan fingerprint density at radius 3 is 1.50 bits per heavy atom. The number of halogens is 5. The second-order valence-electron chi connectivity index (χ2n) is 7.76. The normalized spacial score (nSPS) is 12.1. The maximum absolute atomic E-state index is 14.5. The third-order valence-corrected chi connectivity index (χ3v) is 5.26. The zero-order valence-corrected chi connectivity index (χ0v) is 17.8. The molecule has 170 valence electrons. The van der Waals surface area contributed by atoms with Crippen LogP contribution < -0.4 is 4.74 Å². The molecule has 0 aliphatic heterocycles. The third kappa shape index (κ3) is 6.55. The predicted octanol–water partition coefficient (Wildman–Crippen LogP) is 7.96. The summed E-state index contributed by atoms with van der Waals surface area (Å²) in [6.45, 7) is 2.08. The van der Waals surface area contributed by atoms with Gasteiger partial charge in [0.05, 0.1) is 11.1 Å². The van der Waals surface area contributed by atoms with Gasteiger partial charge in [-0.2, -0.15) is 22.0 Å². The molecule has 0 saturated carbocycles. The first-order valence-electron chi connectivity index (χ1n) is 10.6. The zero-order chi connectivity index (χ0) is 23.2. The lowest BCUT2D eigenvalue weighted by atomic mass is 10.0. The van der Waals surface area contributed by atoms with Crippen molar-refractivity contribution in [3.05, 3.63) is 101 Å². The molecule has 0 radical (unpaired) electrons. The van der Waals surface area contributed by atoms with E-state index in [9.17, 15) is 22.0 Å². The molecule has 0 heterocycles. The van der Waals surface area contributed by atoms with Crippen molar-refractivity contribution in [2.24, 2.45) is 0 Å². The minimum absolute atomic E-state index is 0.0448. The Hall–Kier alpha value is -2.89. The summed E-state index contributed by atoms with van der Waals surface area (Å²) in [5.74, 6) is 0.0448. The van der Waals surface area contributed by atoms with Crippen LogP contribution in [0.2, 0.25) is 0 Å². The second kappa shape index (κ2) is 10.2. The van der Waals surface area contributed by atoms with E-state index in [2.05, 4.69) is 6.92 Å². The molecule has 0 atom stereocenters. The monoisotopic (exact) mass is 448 g/mol. The molecule has 6 heteroatoms. The molecule has 32 heavy (non-hydrogen) atoms. The molecular formula is C26H25F5O. The molecule has 0 bridgehead atoms. The average Bonchev–Trinajstić information content (AvgIpc) is 2.77. The predicted molar refractivity (Wildman–Crippen MR) is 115 cm³/mol. The fourth-order valence-electron chi connectivity index (χ4n) is 3.33. The van der Waals surface area contributed by atoms with Gasteiger partial charge in [-0.1, -0.05) is 49.7 Å². The van der Waals surface area contributed by atoms with Crippen LogP contribution in [-0.4, -0.2) is 0 Å². The van der Waals surface area contributed by atoms with Gasteiger partial charge in [-0.15, -0.1) is 0 Å². The number of hydrogen-bond donors (Lipinski definition) is 0. The van der Waals surface area contributed by atoms with E-state index in [4.69, 9.17) is 4.74 Å². The van der Waals surface area contributed by atoms with Gasteiger partial charge in [0.1, 0.15) is 5.75 Å². The van der Waals surface area contributed by atoms with E-state index in [0.29, 0.717) is 12.8 Å². The van der Waals surface area contributed by atoms with E-state index < -0.39 is 17.8 Å². The van der Waals surface area contributed by atoms with Crippen molar-refractivity contribution >= 4 is 0 Å². The molecule has 3 rings (SSSR count).